The zero-order valence-electron chi connectivity index (χ0n) is 12.7. The first kappa shape index (κ1) is 15.7. The lowest BCUT2D eigenvalue weighted by Crippen LogP contribution is -2.48. The minimum atomic E-state index is -4.59. The minimum absolute atomic E-state index is 0.00277. The second-order valence-corrected chi connectivity index (χ2v) is 8.46. The molecule has 3 heterocycles. The summed E-state index contributed by atoms with van der Waals surface area (Å²) in [5.74, 6) is 0.00979. The lowest BCUT2D eigenvalue weighted by atomic mass is 10.1. The molecule has 0 bridgehead atoms. The number of benzene rings is 1. The fourth-order valence-corrected chi connectivity index (χ4v) is 6.09. The largest absolute Gasteiger partial charge is 0.725 e. The number of rotatable bonds is 0. The summed E-state index contributed by atoms with van der Waals surface area (Å²) in [4.78, 5) is 0.225. The van der Waals surface area contributed by atoms with E-state index < -0.39 is 17.1 Å². The maximum atomic E-state index is 13.8. The molecule has 4 rings (SSSR count). The van der Waals surface area contributed by atoms with E-state index in [2.05, 4.69) is 4.65 Å². The average Bonchev–Trinajstić information content (AvgIpc) is 2.51. The van der Waals surface area contributed by atoms with Gasteiger partial charge >= 0.3 is 17.1 Å². The lowest BCUT2D eigenvalue weighted by Gasteiger charge is -2.39. The van der Waals surface area contributed by atoms with Gasteiger partial charge in [-0.1, -0.05) is 12.1 Å². The number of hydrogen-bond donors (Lipinski definition) is 0. The molecular weight excluding hydrogens is 359 g/mol. The molecular formula is C14H12BF2NO4S2. The van der Waals surface area contributed by atoms with Crippen molar-refractivity contribution in [1.29, 1.82) is 0 Å². The Bertz CT molecular complexity index is 1080. The SMILES string of the molecule is CC1=C2CSC3=c4ccccc4=[N+](C)S(=O)(=O)C3=C2O[B-](F)(F)O1. The van der Waals surface area contributed by atoms with Crippen molar-refractivity contribution in [3.05, 3.63) is 56.8 Å². The Morgan fingerprint density at radius 2 is 1.96 bits per heavy atom. The van der Waals surface area contributed by atoms with Gasteiger partial charge in [-0.05, 0) is 13.0 Å². The zero-order valence-corrected chi connectivity index (χ0v) is 14.4. The van der Waals surface area contributed by atoms with Crippen LogP contribution in [-0.4, -0.2) is 28.3 Å². The molecule has 0 atom stereocenters. The van der Waals surface area contributed by atoms with Gasteiger partial charge in [-0.15, -0.1) is 15.7 Å². The van der Waals surface area contributed by atoms with Crippen molar-refractivity contribution >= 4 is 33.8 Å². The number of thioether (sulfide) groups is 1. The smallest absolute Gasteiger partial charge is 0.630 e. The maximum absolute atomic E-state index is 13.8. The lowest BCUT2D eigenvalue weighted by molar-refractivity contribution is 0.139. The van der Waals surface area contributed by atoms with Crippen LogP contribution in [0.1, 0.15) is 6.92 Å². The third-order valence-electron chi connectivity index (χ3n) is 4.15. The highest BCUT2D eigenvalue weighted by atomic mass is 32.2. The second-order valence-electron chi connectivity index (χ2n) is 5.57. The van der Waals surface area contributed by atoms with Gasteiger partial charge in [0.15, 0.2) is 12.0 Å². The molecule has 0 N–H and O–H groups in total. The molecule has 1 aromatic carbocycles. The van der Waals surface area contributed by atoms with Gasteiger partial charge in [-0.25, -0.2) is 0 Å². The van der Waals surface area contributed by atoms with E-state index >= 15 is 0 Å². The first-order chi connectivity index (χ1) is 11.2. The van der Waals surface area contributed by atoms with Crippen molar-refractivity contribution in [3.63, 3.8) is 0 Å². The number of nitrogens with zero attached hydrogens (tertiary/aromatic N) is 1. The Morgan fingerprint density at radius 3 is 2.71 bits per heavy atom. The molecule has 0 saturated heterocycles. The van der Waals surface area contributed by atoms with Crippen molar-refractivity contribution in [3.8, 4) is 0 Å². The summed E-state index contributed by atoms with van der Waals surface area (Å²) in [5, 5.41) is 1.20. The molecule has 10 heteroatoms. The van der Waals surface area contributed by atoms with E-state index in [4.69, 9.17) is 4.65 Å². The molecule has 0 aromatic heterocycles. The normalized spacial score (nSPS) is 23.8. The highest BCUT2D eigenvalue weighted by Crippen LogP contribution is 2.46. The van der Waals surface area contributed by atoms with Crippen molar-refractivity contribution in [2.45, 2.75) is 6.92 Å². The Labute approximate surface area is 141 Å². The highest BCUT2D eigenvalue weighted by Gasteiger charge is 2.48. The number of fused-ring (bicyclic) bond motifs is 3. The third-order valence-corrected chi connectivity index (χ3v) is 7.25. The number of para-hydroxylation sites is 1. The van der Waals surface area contributed by atoms with Crippen LogP contribution in [0.4, 0.5) is 8.63 Å². The van der Waals surface area contributed by atoms with Crippen LogP contribution < -0.4 is 14.6 Å². The van der Waals surface area contributed by atoms with Crippen LogP contribution in [0.25, 0.3) is 4.91 Å². The third kappa shape index (κ3) is 2.05. The minimum Gasteiger partial charge on any atom is -0.630 e. The molecule has 5 nitrogen and oxygen atoms in total. The molecule has 24 heavy (non-hydrogen) atoms. The molecule has 0 aliphatic carbocycles. The second kappa shape index (κ2) is 4.86. The summed E-state index contributed by atoms with van der Waals surface area (Å²) < 4.78 is 63.7. The summed E-state index contributed by atoms with van der Waals surface area (Å²) in [6.45, 7) is 1.40. The number of allylic oxidation sites excluding steroid dienone is 2. The van der Waals surface area contributed by atoms with E-state index in [-0.39, 0.29) is 16.4 Å². The molecule has 3 aliphatic rings. The van der Waals surface area contributed by atoms with Crippen LogP contribution in [0.3, 0.4) is 0 Å². The summed E-state index contributed by atoms with van der Waals surface area (Å²) in [5.41, 5.74) is 0.350. The topological polar surface area (TPSA) is 55.6 Å². The van der Waals surface area contributed by atoms with Crippen molar-refractivity contribution in [1.82, 2.24) is 3.98 Å². The fourth-order valence-electron chi connectivity index (χ4n) is 2.98. The molecule has 1 aromatic rings. The van der Waals surface area contributed by atoms with Gasteiger partial charge < -0.3 is 17.9 Å². The van der Waals surface area contributed by atoms with Crippen LogP contribution in [0.5, 0.6) is 0 Å². The highest BCUT2D eigenvalue weighted by molar-refractivity contribution is 8.10. The van der Waals surface area contributed by atoms with Gasteiger partial charge in [0.05, 0.1) is 15.9 Å². The van der Waals surface area contributed by atoms with Gasteiger partial charge in [-0.3, -0.25) is 0 Å². The molecule has 3 aliphatic heterocycles. The van der Waals surface area contributed by atoms with Crippen LogP contribution in [0.2, 0.25) is 0 Å². The van der Waals surface area contributed by atoms with Crippen LogP contribution in [0, 0.1) is 0 Å². The van der Waals surface area contributed by atoms with E-state index in [0.29, 0.717) is 26.8 Å². The summed E-state index contributed by atoms with van der Waals surface area (Å²) >= 11 is 1.28. The molecule has 126 valence electrons. The predicted octanol–water partition coefficient (Wildman–Crippen LogP) is 0.913. The molecule has 0 unspecified atom stereocenters. The molecule has 0 saturated carbocycles. The monoisotopic (exact) mass is 371 g/mol. The van der Waals surface area contributed by atoms with Crippen molar-refractivity contribution < 1.29 is 26.4 Å². The standard InChI is InChI=1S/C14H12BF2NO4S2/c1-8-10-7-23-13-9-5-3-4-6-11(9)18(2)24(19,20)14(13)12(10)22-15(16,17)21-8/h3-6H,7H2,1-2H3. The van der Waals surface area contributed by atoms with Gasteiger partial charge in [0.2, 0.25) is 5.36 Å². The van der Waals surface area contributed by atoms with Crippen molar-refractivity contribution in [2.75, 3.05) is 12.8 Å². The van der Waals surface area contributed by atoms with Crippen LogP contribution >= 0.6 is 11.8 Å². The maximum Gasteiger partial charge on any atom is 0.725 e. The van der Waals surface area contributed by atoms with E-state index in [0.717, 1.165) is 3.98 Å². The predicted molar refractivity (Wildman–Crippen MR) is 87.5 cm³/mol. The van der Waals surface area contributed by atoms with Crippen LogP contribution in [-0.2, 0) is 19.3 Å². The Hall–Kier alpha value is -1.81. The Kier molecular flexibility index (Phi) is 3.18. The van der Waals surface area contributed by atoms with Gasteiger partial charge in [0.25, 0.3) is 0 Å². The van der Waals surface area contributed by atoms with E-state index in [1.165, 1.54) is 25.7 Å². The van der Waals surface area contributed by atoms with Crippen molar-refractivity contribution in [2.24, 2.45) is 0 Å². The molecule has 0 fully saturated rings. The summed E-state index contributed by atoms with van der Waals surface area (Å²) in [7, 11) is -7.19. The molecule has 0 spiro atoms. The quantitative estimate of drug-likeness (QED) is 0.502. The average molecular weight is 371 g/mol. The van der Waals surface area contributed by atoms with E-state index in [9.17, 15) is 17.0 Å². The van der Waals surface area contributed by atoms with Crippen LogP contribution in [0.15, 0.2) is 46.3 Å². The number of hydrogen-bond acceptors (Lipinski definition) is 5. The summed E-state index contributed by atoms with van der Waals surface area (Å²) in [6.07, 6.45) is 0. The zero-order chi connectivity index (χ0) is 17.3. The number of sulfonamides is 1. The summed E-state index contributed by atoms with van der Waals surface area (Å²) in [6, 6.07) is 6.96. The molecule has 0 radical (unpaired) electrons. The first-order valence-corrected chi connectivity index (χ1v) is 9.56. The fraction of sp³-hybridized carbons (Fsp3) is 0.214. The van der Waals surface area contributed by atoms with Gasteiger partial charge in [-0.2, -0.15) is 8.42 Å². The van der Waals surface area contributed by atoms with Gasteiger partial charge in [0, 0.05) is 17.4 Å². The number of halogens is 2. The molecule has 0 amide bonds. The Balaban J connectivity index is 2.19. The van der Waals surface area contributed by atoms with E-state index in [1.807, 2.05) is 0 Å². The van der Waals surface area contributed by atoms with E-state index in [1.54, 1.807) is 24.3 Å². The Morgan fingerprint density at radius 1 is 1.25 bits per heavy atom. The first-order valence-electron chi connectivity index (χ1n) is 7.13. The van der Waals surface area contributed by atoms with Gasteiger partial charge in [0.1, 0.15) is 5.76 Å².